The van der Waals surface area contributed by atoms with Gasteiger partial charge in [-0.15, -0.1) is 0 Å². The SMILES string of the molecule is NCc1ccc(C(=O)Cc2cnccc2N)o1. The van der Waals surface area contributed by atoms with Crippen LogP contribution in [-0.4, -0.2) is 10.8 Å². The highest BCUT2D eigenvalue weighted by molar-refractivity contribution is 5.95. The van der Waals surface area contributed by atoms with E-state index < -0.39 is 0 Å². The Morgan fingerprint density at radius 3 is 2.82 bits per heavy atom. The molecule has 0 aromatic carbocycles. The molecule has 0 saturated carbocycles. The molecule has 5 heteroatoms. The average Bonchev–Trinajstić information content (AvgIpc) is 2.81. The van der Waals surface area contributed by atoms with Gasteiger partial charge in [0.15, 0.2) is 5.76 Å². The second kappa shape index (κ2) is 4.80. The third kappa shape index (κ3) is 2.51. The predicted octanol–water partition coefficient (Wildman–Crippen LogP) is 1.14. The molecule has 0 bridgehead atoms. The second-order valence-corrected chi connectivity index (χ2v) is 3.64. The monoisotopic (exact) mass is 231 g/mol. The summed E-state index contributed by atoms with van der Waals surface area (Å²) in [6.07, 6.45) is 3.35. The minimum atomic E-state index is -0.135. The van der Waals surface area contributed by atoms with Gasteiger partial charge in [-0.05, 0) is 18.2 Å². The van der Waals surface area contributed by atoms with Crippen LogP contribution in [0, 0.1) is 0 Å². The van der Waals surface area contributed by atoms with Crippen molar-refractivity contribution in [2.45, 2.75) is 13.0 Å². The highest BCUT2D eigenvalue weighted by Crippen LogP contribution is 2.14. The number of pyridine rings is 1. The molecule has 17 heavy (non-hydrogen) atoms. The van der Waals surface area contributed by atoms with Crippen LogP contribution in [-0.2, 0) is 13.0 Å². The first-order valence-electron chi connectivity index (χ1n) is 5.21. The number of furan rings is 1. The van der Waals surface area contributed by atoms with Gasteiger partial charge in [-0.25, -0.2) is 0 Å². The summed E-state index contributed by atoms with van der Waals surface area (Å²) < 4.78 is 5.27. The summed E-state index contributed by atoms with van der Waals surface area (Å²) in [6.45, 7) is 0.280. The number of hydrogen-bond acceptors (Lipinski definition) is 5. The highest BCUT2D eigenvalue weighted by atomic mass is 16.3. The molecule has 0 atom stereocenters. The summed E-state index contributed by atoms with van der Waals surface area (Å²) in [5.41, 5.74) is 12.4. The number of anilines is 1. The largest absolute Gasteiger partial charge is 0.457 e. The smallest absolute Gasteiger partial charge is 0.202 e. The molecule has 0 aliphatic heterocycles. The van der Waals surface area contributed by atoms with E-state index in [4.69, 9.17) is 15.9 Å². The van der Waals surface area contributed by atoms with Crippen LogP contribution in [0.5, 0.6) is 0 Å². The first kappa shape index (κ1) is 11.3. The summed E-state index contributed by atoms with van der Waals surface area (Å²) in [5.74, 6) is 0.755. The van der Waals surface area contributed by atoms with Crippen LogP contribution in [0.25, 0.3) is 0 Å². The lowest BCUT2D eigenvalue weighted by molar-refractivity contribution is 0.0965. The van der Waals surface area contributed by atoms with Gasteiger partial charge in [0.25, 0.3) is 0 Å². The lowest BCUT2D eigenvalue weighted by Gasteiger charge is -2.02. The lowest BCUT2D eigenvalue weighted by atomic mass is 10.1. The number of nitrogens with zero attached hydrogens (tertiary/aromatic N) is 1. The highest BCUT2D eigenvalue weighted by Gasteiger charge is 2.13. The van der Waals surface area contributed by atoms with Crippen molar-refractivity contribution in [3.63, 3.8) is 0 Å². The molecule has 4 N–H and O–H groups in total. The number of nitrogen functional groups attached to an aromatic ring is 1. The van der Waals surface area contributed by atoms with Crippen LogP contribution in [0.1, 0.15) is 21.9 Å². The van der Waals surface area contributed by atoms with Crippen LogP contribution in [0.3, 0.4) is 0 Å². The van der Waals surface area contributed by atoms with Crippen LogP contribution in [0.4, 0.5) is 5.69 Å². The zero-order chi connectivity index (χ0) is 12.3. The molecular formula is C12H13N3O2. The Morgan fingerprint density at radius 1 is 1.35 bits per heavy atom. The van der Waals surface area contributed by atoms with Gasteiger partial charge in [-0.1, -0.05) is 0 Å². The predicted molar refractivity (Wildman–Crippen MR) is 63.3 cm³/mol. The van der Waals surface area contributed by atoms with Gasteiger partial charge in [-0.2, -0.15) is 0 Å². The van der Waals surface area contributed by atoms with Crippen LogP contribution in [0.15, 0.2) is 35.0 Å². The van der Waals surface area contributed by atoms with E-state index in [0.717, 1.165) is 0 Å². The van der Waals surface area contributed by atoms with Crippen molar-refractivity contribution in [1.29, 1.82) is 0 Å². The number of nitrogens with two attached hydrogens (primary N) is 2. The van der Waals surface area contributed by atoms with E-state index in [0.29, 0.717) is 22.8 Å². The number of Topliss-reactive ketones (excluding diaryl/α,β-unsaturated/α-hetero) is 1. The first-order chi connectivity index (χ1) is 8.20. The average molecular weight is 231 g/mol. The summed E-state index contributed by atoms with van der Waals surface area (Å²) in [6, 6.07) is 4.98. The Bertz CT molecular complexity index is 534. The van der Waals surface area contributed by atoms with Gasteiger partial charge in [0.2, 0.25) is 5.78 Å². The van der Waals surface area contributed by atoms with Gasteiger partial charge in [-0.3, -0.25) is 9.78 Å². The van der Waals surface area contributed by atoms with Gasteiger partial charge in [0, 0.05) is 30.1 Å². The number of carbonyl (C=O) groups excluding carboxylic acids is 1. The van der Waals surface area contributed by atoms with Crippen molar-refractivity contribution in [1.82, 2.24) is 4.98 Å². The number of rotatable bonds is 4. The topological polar surface area (TPSA) is 95.1 Å². The zero-order valence-corrected chi connectivity index (χ0v) is 9.22. The molecule has 0 unspecified atom stereocenters. The number of ketones is 1. The van der Waals surface area contributed by atoms with Crippen LogP contribution in [0.2, 0.25) is 0 Å². The molecule has 2 aromatic heterocycles. The molecule has 5 nitrogen and oxygen atoms in total. The summed E-state index contributed by atoms with van der Waals surface area (Å²) in [4.78, 5) is 15.8. The van der Waals surface area contributed by atoms with Gasteiger partial charge in [0.05, 0.1) is 6.54 Å². The normalized spacial score (nSPS) is 10.4. The van der Waals surface area contributed by atoms with Crippen molar-refractivity contribution in [3.05, 3.63) is 47.7 Å². The molecule has 0 aliphatic rings. The van der Waals surface area contributed by atoms with Crippen molar-refractivity contribution in [3.8, 4) is 0 Å². The molecule has 0 aliphatic carbocycles. The first-order valence-corrected chi connectivity index (χ1v) is 5.21. The maximum atomic E-state index is 11.9. The van der Waals surface area contributed by atoms with Crippen molar-refractivity contribution < 1.29 is 9.21 Å². The van der Waals surface area contributed by atoms with E-state index in [2.05, 4.69) is 4.98 Å². The minimum absolute atomic E-state index is 0.135. The fourth-order valence-electron chi connectivity index (χ4n) is 1.48. The fraction of sp³-hybridized carbons (Fsp3) is 0.167. The molecule has 2 heterocycles. The molecule has 0 spiro atoms. The molecular weight excluding hydrogens is 218 g/mol. The summed E-state index contributed by atoms with van der Waals surface area (Å²) >= 11 is 0. The number of aromatic nitrogens is 1. The van der Waals surface area contributed by atoms with Gasteiger partial charge >= 0.3 is 0 Å². The number of carbonyl (C=O) groups is 1. The Kier molecular flexibility index (Phi) is 3.20. The maximum absolute atomic E-state index is 11.9. The Labute approximate surface area is 98.4 Å². The molecule has 0 radical (unpaired) electrons. The Hall–Kier alpha value is -2.14. The van der Waals surface area contributed by atoms with Crippen LogP contribution < -0.4 is 11.5 Å². The molecule has 88 valence electrons. The summed E-state index contributed by atoms with van der Waals surface area (Å²) in [7, 11) is 0. The van der Waals surface area contributed by atoms with E-state index in [1.54, 1.807) is 30.6 Å². The van der Waals surface area contributed by atoms with E-state index in [1.165, 1.54) is 0 Å². The van der Waals surface area contributed by atoms with Crippen molar-refractivity contribution in [2.24, 2.45) is 5.73 Å². The van der Waals surface area contributed by atoms with E-state index in [-0.39, 0.29) is 18.7 Å². The van der Waals surface area contributed by atoms with E-state index in [1.807, 2.05) is 0 Å². The second-order valence-electron chi connectivity index (χ2n) is 3.64. The molecule has 0 fully saturated rings. The summed E-state index contributed by atoms with van der Waals surface area (Å²) in [5, 5.41) is 0. The lowest BCUT2D eigenvalue weighted by Crippen LogP contribution is -2.05. The Morgan fingerprint density at radius 2 is 2.18 bits per heavy atom. The molecule has 0 saturated heterocycles. The fourth-order valence-corrected chi connectivity index (χ4v) is 1.48. The van der Waals surface area contributed by atoms with E-state index in [9.17, 15) is 4.79 Å². The molecule has 2 aromatic rings. The van der Waals surface area contributed by atoms with Gasteiger partial charge in [0.1, 0.15) is 5.76 Å². The van der Waals surface area contributed by atoms with E-state index >= 15 is 0 Å². The molecule has 0 amide bonds. The van der Waals surface area contributed by atoms with Crippen LogP contribution >= 0.6 is 0 Å². The van der Waals surface area contributed by atoms with Crippen molar-refractivity contribution in [2.75, 3.05) is 5.73 Å². The maximum Gasteiger partial charge on any atom is 0.202 e. The van der Waals surface area contributed by atoms with Gasteiger partial charge < -0.3 is 15.9 Å². The Balaban J connectivity index is 2.14. The molecule has 2 rings (SSSR count). The standard InChI is InChI=1S/C12H13N3O2/c13-6-9-1-2-12(17-9)11(16)5-8-7-15-4-3-10(8)14/h1-4,7H,5-6,13H2,(H2,14,15). The van der Waals surface area contributed by atoms with Crippen molar-refractivity contribution >= 4 is 11.5 Å². The minimum Gasteiger partial charge on any atom is -0.457 e. The third-order valence-electron chi connectivity index (χ3n) is 2.43. The quantitative estimate of drug-likeness (QED) is 0.769. The third-order valence-corrected chi connectivity index (χ3v) is 2.43. The zero-order valence-electron chi connectivity index (χ0n) is 9.22. The number of hydrogen-bond donors (Lipinski definition) is 2.